The van der Waals surface area contributed by atoms with Gasteiger partial charge in [0.05, 0.1) is 24.6 Å². The van der Waals surface area contributed by atoms with Gasteiger partial charge in [0.25, 0.3) is 6.01 Å². The van der Waals surface area contributed by atoms with Crippen LogP contribution < -0.4 is 9.47 Å². The van der Waals surface area contributed by atoms with Crippen molar-refractivity contribution >= 4 is 21.9 Å². The van der Waals surface area contributed by atoms with Crippen LogP contribution in [0.15, 0.2) is 40.5 Å². The number of allylic oxidation sites excluding steroid dienone is 3. The predicted molar refractivity (Wildman–Crippen MR) is 92.0 cm³/mol. The Morgan fingerprint density at radius 1 is 1.38 bits per heavy atom. The van der Waals surface area contributed by atoms with Gasteiger partial charge in [0.15, 0.2) is 0 Å². The highest BCUT2D eigenvalue weighted by Gasteiger charge is 2.13. The molecule has 0 saturated carbocycles. The van der Waals surface area contributed by atoms with Gasteiger partial charge in [-0.05, 0) is 28.9 Å². The van der Waals surface area contributed by atoms with Crippen molar-refractivity contribution in [1.29, 1.82) is 0 Å². The van der Waals surface area contributed by atoms with E-state index in [-0.39, 0.29) is 29.0 Å². The van der Waals surface area contributed by atoms with E-state index in [0.717, 1.165) is 6.08 Å². The van der Waals surface area contributed by atoms with E-state index in [0.29, 0.717) is 17.7 Å². The highest BCUT2D eigenvalue weighted by Crippen LogP contribution is 2.28. The predicted octanol–water partition coefficient (Wildman–Crippen LogP) is 4.57. The normalized spacial score (nSPS) is 12.5. The van der Waals surface area contributed by atoms with Gasteiger partial charge in [0.1, 0.15) is 17.3 Å². The van der Waals surface area contributed by atoms with Crippen LogP contribution in [0.25, 0.3) is 0 Å². The summed E-state index contributed by atoms with van der Waals surface area (Å²) in [4.78, 5) is 11.6. The van der Waals surface area contributed by atoms with Crippen LogP contribution in [0.1, 0.15) is 25.8 Å². The second kappa shape index (κ2) is 9.97. The SMILES string of the molecule is CCOC(=O)Cc1ccc(OC)cc1O/C(F)=C/C(Br)=C(/O)CC. The van der Waals surface area contributed by atoms with E-state index in [1.165, 1.54) is 13.2 Å². The summed E-state index contributed by atoms with van der Waals surface area (Å²) in [5.74, 6) is 0.136. The largest absolute Gasteiger partial charge is 0.511 e. The number of esters is 1. The molecule has 0 radical (unpaired) electrons. The van der Waals surface area contributed by atoms with Gasteiger partial charge in [-0.25, -0.2) is 0 Å². The Labute approximate surface area is 148 Å². The Kier molecular flexibility index (Phi) is 8.32. The number of ether oxygens (including phenoxy) is 3. The zero-order valence-electron chi connectivity index (χ0n) is 13.8. The summed E-state index contributed by atoms with van der Waals surface area (Å²) in [6.45, 7) is 3.69. The molecule has 0 aliphatic rings. The third-order valence-electron chi connectivity index (χ3n) is 2.97. The number of aliphatic hydroxyl groups is 1. The lowest BCUT2D eigenvalue weighted by Gasteiger charge is -2.11. The minimum absolute atomic E-state index is 0.00820. The highest BCUT2D eigenvalue weighted by atomic mass is 79.9. The van der Waals surface area contributed by atoms with Crippen LogP contribution in [0.3, 0.4) is 0 Å². The van der Waals surface area contributed by atoms with Crippen molar-refractivity contribution in [1.82, 2.24) is 0 Å². The van der Waals surface area contributed by atoms with Crippen LogP contribution in [0.4, 0.5) is 4.39 Å². The van der Waals surface area contributed by atoms with Crippen molar-refractivity contribution in [2.45, 2.75) is 26.7 Å². The van der Waals surface area contributed by atoms with Gasteiger partial charge in [0.2, 0.25) is 0 Å². The molecular weight excluding hydrogens is 383 g/mol. The zero-order valence-corrected chi connectivity index (χ0v) is 15.4. The maximum Gasteiger partial charge on any atom is 0.310 e. The van der Waals surface area contributed by atoms with E-state index >= 15 is 0 Å². The maximum absolute atomic E-state index is 14.0. The quantitative estimate of drug-likeness (QED) is 0.392. The fourth-order valence-corrected chi connectivity index (χ4v) is 2.22. The highest BCUT2D eigenvalue weighted by molar-refractivity contribution is 9.11. The van der Waals surface area contributed by atoms with Crippen molar-refractivity contribution in [3.8, 4) is 11.5 Å². The van der Waals surface area contributed by atoms with Crippen LogP contribution in [0, 0.1) is 0 Å². The van der Waals surface area contributed by atoms with Gasteiger partial charge in [0, 0.05) is 24.1 Å². The molecular formula is C17H20BrFO5. The molecule has 0 saturated heterocycles. The molecule has 7 heteroatoms. The zero-order chi connectivity index (χ0) is 18.1. The summed E-state index contributed by atoms with van der Waals surface area (Å²) >= 11 is 3.06. The molecule has 1 N–H and O–H groups in total. The monoisotopic (exact) mass is 402 g/mol. The summed E-state index contributed by atoms with van der Waals surface area (Å²) in [6.07, 6.45) is 1.29. The van der Waals surface area contributed by atoms with E-state index in [4.69, 9.17) is 14.2 Å². The summed E-state index contributed by atoms with van der Waals surface area (Å²) < 4.78 is 29.4. The number of hydrogen-bond donors (Lipinski definition) is 1. The van der Waals surface area contributed by atoms with Crippen molar-refractivity contribution in [2.75, 3.05) is 13.7 Å². The van der Waals surface area contributed by atoms with Crippen LogP contribution in [0.2, 0.25) is 0 Å². The van der Waals surface area contributed by atoms with Crippen LogP contribution in [-0.4, -0.2) is 24.8 Å². The van der Waals surface area contributed by atoms with Crippen molar-refractivity contribution < 1.29 is 28.5 Å². The maximum atomic E-state index is 14.0. The van der Waals surface area contributed by atoms with E-state index in [1.807, 2.05) is 0 Å². The molecule has 0 aliphatic carbocycles. The average molecular weight is 403 g/mol. The molecule has 0 aromatic heterocycles. The minimum Gasteiger partial charge on any atom is -0.511 e. The molecule has 1 aromatic carbocycles. The molecule has 0 amide bonds. The molecule has 0 spiro atoms. The van der Waals surface area contributed by atoms with Gasteiger partial charge >= 0.3 is 5.97 Å². The molecule has 132 valence electrons. The molecule has 0 heterocycles. The number of aliphatic hydroxyl groups excluding tert-OH is 1. The minimum atomic E-state index is -0.944. The van der Waals surface area contributed by atoms with Gasteiger partial charge in [-0.1, -0.05) is 13.0 Å². The third-order valence-corrected chi connectivity index (χ3v) is 3.66. The molecule has 0 aliphatic heterocycles. The Morgan fingerprint density at radius 3 is 2.67 bits per heavy atom. The second-order valence-electron chi connectivity index (χ2n) is 4.65. The van der Waals surface area contributed by atoms with E-state index in [1.54, 1.807) is 26.0 Å². The third kappa shape index (κ3) is 6.23. The van der Waals surface area contributed by atoms with Gasteiger partial charge in [-0.15, -0.1) is 0 Å². The molecule has 5 nitrogen and oxygen atoms in total. The van der Waals surface area contributed by atoms with Gasteiger partial charge < -0.3 is 19.3 Å². The summed E-state index contributed by atoms with van der Waals surface area (Å²) in [6, 6.07) is 3.77. The lowest BCUT2D eigenvalue weighted by molar-refractivity contribution is -0.142. The topological polar surface area (TPSA) is 65.0 Å². The van der Waals surface area contributed by atoms with Crippen molar-refractivity contribution in [3.63, 3.8) is 0 Å². The summed E-state index contributed by atoms with van der Waals surface area (Å²) in [7, 11) is 1.47. The number of benzene rings is 1. The number of halogens is 2. The summed E-state index contributed by atoms with van der Waals surface area (Å²) in [5, 5.41) is 9.54. The Morgan fingerprint density at radius 2 is 2.08 bits per heavy atom. The number of carbonyl (C=O) groups excluding carboxylic acids is 1. The molecule has 1 aromatic rings. The van der Waals surface area contributed by atoms with E-state index in [2.05, 4.69) is 15.9 Å². The summed E-state index contributed by atoms with van der Waals surface area (Å²) in [5.41, 5.74) is 0.456. The Hall–Kier alpha value is -2.02. The van der Waals surface area contributed by atoms with Crippen LogP contribution in [0.5, 0.6) is 11.5 Å². The van der Waals surface area contributed by atoms with Crippen molar-refractivity contribution in [3.05, 3.63) is 46.1 Å². The number of rotatable bonds is 8. The molecule has 0 bridgehead atoms. The van der Waals surface area contributed by atoms with Crippen LogP contribution >= 0.6 is 15.9 Å². The number of methoxy groups -OCH3 is 1. The molecule has 1 rings (SSSR count). The molecule has 0 fully saturated rings. The van der Waals surface area contributed by atoms with Crippen LogP contribution in [-0.2, 0) is 16.0 Å². The number of carbonyl (C=O) groups is 1. The van der Waals surface area contributed by atoms with Gasteiger partial charge in [-0.3, -0.25) is 4.79 Å². The second-order valence-corrected chi connectivity index (χ2v) is 5.51. The number of hydrogen-bond acceptors (Lipinski definition) is 5. The van der Waals surface area contributed by atoms with E-state index in [9.17, 15) is 14.3 Å². The Balaban J connectivity index is 3.07. The molecule has 0 unspecified atom stereocenters. The lowest BCUT2D eigenvalue weighted by atomic mass is 10.1. The van der Waals surface area contributed by atoms with Crippen molar-refractivity contribution in [2.24, 2.45) is 0 Å². The first-order valence-corrected chi connectivity index (χ1v) is 8.15. The fraction of sp³-hybridized carbons (Fsp3) is 0.353. The fourth-order valence-electron chi connectivity index (χ4n) is 1.76. The first kappa shape index (κ1) is 20.0. The lowest BCUT2D eigenvalue weighted by Crippen LogP contribution is -2.09. The Bertz CT molecular complexity index is 640. The molecule has 0 atom stereocenters. The first-order valence-electron chi connectivity index (χ1n) is 7.36. The standard InChI is InChI=1S/C17H20BrFO5/c1-4-14(20)13(18)10-16(19)24-15-9-12(22-3)7-6-11(15)8-17(21)23-5-2/h6-7,9-10,20H,4-5,8H2,1-3H3/b14-13-,16-10+. The van der Waals surface area contributed by atoms with Gasteiger partial charge in [-0.2, -0.15) is 4.39 Å². The smallest absolute Gasteiger partial charge is 0.310 e. The average Bonchev–Trinajstić information content (AvgIpc) is 2.55. The molecule has 24 heavy (non-hydrogen) atoms. The first-order chi connectivity index (χ1) is 11.4. The van der Waals surface area contributed by atoms with E-state index < -0.39 is 12.0 Å².